The van der Waals surface area contributed by atoms with Crippen LogP contribution in [-0.2, 0) is 11.2 Å². The highest BCUT2D eigenvalue weighted by Gasteiger charge is 2.43. The number of rotatable bonds is 4. The Labute approximate surface area is 186 Å². The van der Waals surface area contributed by atoms with Gasteiger partial charge < -0.3 is 19.9 Å². The SMILES string of the molecule is CN(C)c1cc2c(cc1Cl)NCC(C(=O)N1CCC(C#N)(Cc3ccc(F)cc3)C1)O2. The maximum atomic E-state index is 13.2. The summed E-state index contributed by atoms with van der Waals surface area (Å²) in [6.45, 7) is 1.15. The number of hydrogen-bond donors (Lipinski definition) is 1. The van der Waals surface area contributed by atoms with Gasteiger partial charge in [0.25, 0.3) is 5.91 Å². The second kappa shape index (κ2) is 8.27. The predicted octanol–water partition coefficient (Wildman–Crippen LogP) is 3.70. The minimum Gasteiger partial charge on any atom is -0.476 e. The van der Waals surface area contributed by atoms with Gasteiger partial charge in [-0.2, -0.15) is 5.26 Å². The van der Waals surface area contributed by atoms with Crippen molar-refractivity contribution in [3.05, 3.63) is 52.8 Å². The second-order valence-corrected chi connectivity index (χ2v) is 8.79. The Hall–Kier alpha value is -2.98. The third kappa shape index (κ3) is 4.26. The predicted molar refractivity (Wildman–Crippen MR) is 118 cm³/mol. The van der Waals surface area contributed by atoms with Crippen LogP contribution in [0, 0.1) is 22.6 Å². The van der Waals surface area contributed by atoms with E-state index in [4.69, 9.17) is 16.3 Å². The highest BCUT2D eigenvalue weighted by Crippen LogP contribution is 2.39. The standard InChI is InChI=1S/C23H24ClFN4O2/c1-28(2)19-10-20-18(9-17(19)24)27-12-21(31-20)22(30)29-8-7-23(13-26,14-29)11-15-3-5-16(25)6-4-15/h3-6,9-10,21,27H,7-8,11-12,14H2,1-2H3. The highest BCUT2D eigenvalue weighted by molar-refractivity contribution is 6.33. The first-order valence-electron chi connectivity index (χ1n) is 10.2. The number of hydrogen-bond acceptors (Lipinski definition) is 5. The molecule has 6 nitrogen and oxygen atoms in total. The molecule has 2 aromatic carbocycles. The molecule has 31 heavy (non-hydrogen) atoms. The number of nitrogens with one attached hydrogen (secondary N) is 1. The Morgan fingerprint density at radius 2 is 2.13 bits per heavy atom. The highest BCUT2D eigenvalue weighted by atomic mass is 35.5. The van der Waals surface area contributed by atoms with Gasteiger partial charge in [-0.05, 0) is 36.6 Å². The van der Waals surface area contributed by atoms with Crippen LogP contribution in [0.3, 0.4) is 0 Å². The molecule has 0 radical (unpaired) electrons. The van der Waals surface area contributed by atoms with Crippen molar-refractivity contribution in [2.24, 2.45) is 5.41 Å². The number of carbonyl (C=O) groups is 1. The molecule has 2 aliphatic heterocycles. The van der Waals surface area contributed by atoms with E-state index in [1.807, 2.05) is 25.1 Å². The van der Waals surface area contributed by atoms with Crippen LogP contribution in [0.5, 0.6) is 5.75 Å². The van der Waals surface area contributed by atoms with Gasteiger partial charge >= 0.3 is 0 Å². The van der Waals surface area contributed by atoms with Crippen molar-refractivity contribution >= 4 is 28.9 Å². The van der Waals surface area contributed by atoms with E-state index in [0.29, 0.717) is 43.2 Å². The number of amides is 1. The summed E-state index contributed by atoms with van der Waals surface area (Å²) < 4.78 is 19.2. The molecule has 2 aliphatic rings. The summed E-state index contributed by atoms with van der Waals surface area (Å²) in [5.74, 6) is 0.129. The van der Waals surface area contributed by atoms with Gasteiger partial charge in [-0.15, -0.1) is 0 Å². The Kier molecular flexibility index (Phi) is 5.67. The van der Waals surface area contributed by atoms with Crippen LogP contribution in [0.25, 0.3) is 0 Å². The fourth-order valence-electron chi connectivity index (χ4n) is 4.19. The molecule has 1 amide bonds. The summed E-state index contributed by atoms with van der Waals surface area (Å²) in [7, 11) is 3.78. The average molecular weight is 443 g/mol. The van der Waals surface area contributed by atoms with Crippen molar-refractivity contribution in [2.45, 2.75) is 18.9 Å². The lowest BCUT2D eigenvalue weighted by atomic mass is 9.82. The summed E-state index contributed by atoms with van der Waals surface area (Å²) in [5.41, 5.74) is 1.76. The van der Waals surface area contributed by atoms with Gasteiger partial charge in [-0.3, -0.25) is 4.79 Å². The molecule has 0 saturated carbocycles. The quantitative estimate of drug-likeness (QED) is 0.781. The molecule has 1 saturated heterocycles. The zero-order valence-electron chi connectivity index (χ0n) is 17.5. The van der Waals surface area contributed by atoms with Crippen LogP contribution in [0.4, 0.5) is 15.8 Å². The number of benzene rings is 2. The van der Waals surface area contributed by atoms with E-state index >= 15 is 0 Å². The summed E-state index contributed by atoms with van der Waals surface area (Å²) in [6, 6.07) is 12.2. The monoisotopic (exact) mass is 442 g/mol. The number of halogens is 2. The van der Waals surface area contributed by atoms with Gasteiger partial charge in [0.1, 0.15) is 11.6 Å². The first kappa shape index (κ1) is 21.3. The van der Waals surface area contributed by atoms with Crippen molar-refractivity contribution in [3.8, 4) is 11.8 Å². The Morgan fingerprint density at radius 3 is 2.81 bits per heavy atom. The first-order chi connectivity index (χ1) is 14.8. The van der Waals surface area contributed by atoms with Crippen LogP contribution < -0.4 is 15.0 Å². The Balaban J connectivity index is 1.46. The van der Waals surface area contributed by atoms with Gasteiger partial charge in [0.15, 0.2) is 6.10 Å². The van der Waals surface area contributed by atoms with Crippen molar-refractivity contribution in [3.63, 3.8) is 0 Å². The van der Waals surface area contributed by atoms with E-state index < -0.39 is 11.5 Å². The normalized spacial score (nSPS) is 22.2. The summed E-state index contributed by atoms with van der Waals surface area (Å²) >= 11 is 6.32. The Morgan fingerprint density at radius 1 is 1.39 bits per heavy atom. The smallest absolute Gasteiger partial charge is 0.265 e. The number of carbonyl (C=O) groups excluding carboxylic acids is 1. The largest absolute Gasteiger partial charge is 0.476 e. The molecule has 2 atom stereocenters. The van der Waals surface area contributed by atoms with Crippen molar-refractivity contribution < 1.29 is 13.9 Å². The molecule has 2 heterocycles. The molecule has 162 valence electrons. The number of likely N-dealkylation sites (tertiary alicyclic amines) is 1. The first-order valence-corrected chi connectivity index (χ1v) is 10.5. The van der Waals surface area contributed by atoms with Crippen molar-refractivity contribution in [2.75, 3.05) is 43.9 Å². The Bertz CT molecular complexity index is 1040. The number of ether oxygens (including phenoxy) is 1. The molecule has 2 aromatic rings. The van der Waals surface area contributed by atoms with E-state index in [-0.39, 0.29) is 11.7 Å². The third-order valence-electron chi connectivity index (χ3n) is 5.91. The maximum absolute atomic E-state index is 13.2. The molecule has 1 N–H and O–H groups in total. The topological polar surface area (TPSA) is 68.6 Å². The number of nitrogens with zero attached hydrogens (tertiary/aromatic N) is 3. The number of nitriles is 1. The van der Waals surface area contributed by atoms with Gasteiger partial charge in [-0.25, -0.2) is 4.39 Å². The summed E-state index contributed by atoms with van der Waals surface area (Å²) in [5, 5.41) is 13.7. The molecule has 4 rings (SSSR count). The van der Waals surface area contributed by atoms with E-state index in [9.17, 15) is 14.4 Å². The molecule has 2 unspecified atom stereocenters. The number of anilines is 2. The van der Waals surface area contributed by atoms with Gasteiger partial charge in [-0.1, -0.05) is 23.7 Å². The minimum atomic E-state index is -0.681. The summed E-state index contributed by atoms with van der Waals surface area (Å²) in [4.78, 5) is 16.7. The van der Waals surface area contributed by atoms with Crippen LogP contribution in [0.15, 0.2) is 36.4 Å². The minimum absolute atomic E-state index is 0.143. The van der Waals surface area contributed by atoms with Crippen molar-refractivity contribution in [1.82, 2.24) is 4.90 Å². The average Bonchev–Trinajstić information content (AvgIpc) is 3.18. The van der Waals surface area contributed by atoms with Crippen LogP contribution >= 0.6 is 11.6 Å². The lowest BCUT2D eigenvalue weighted by molar-refractivity contribution is -0.137. The molecule has 0 aliphatic carbocycles. The molecular formula is C23H24ClFN4O2. The molecule has 1 fully saturated rings. The van der Waals surface area contributed by atoms with E-state index in [1.54, 1.807) is 23.1 Å². The van der Waals surface area contributed by atoms with Gasteiger partial charge in [0.05, 0.1) is 34.4 Å². The van der Waals surface area contributed by atoms with E-state index in [1.165, 1.54) is 12.1 Å². The molecule has 0 aromatic heterocycles. The lowest BCUT2D eigenvalue weighted by Gasteiger charge is -2.31. The van der Waals surface area contributed by atoms with Crippen LogP contribution in [0.2, 0.25) is 5.02 Å². The molecule has 8 heteroatoms. The second-order valence-electron chi connectivity index (χ2n) is 8.39. The molecule has 0 spiro atoms. The van der Waals surface area contributed by atoms with Gasteiger partial charge in [0, 0.05) is 33.3 Å². The van der Waals surface area contributed by atoms with E-state index in [0.717, 1.165) is 16.9 Å². The van der Waals surface area contributed by atoms with Crippen molar-refractivity contribution in [1.29, 1.82) is 5.26 Å². The molecule has 0 bridgehead atoms. The fourth-order valence-corrected chi connectivity index (χ4v) is 4.52. The molecular weight excluding hydrogens is 419 g/mol. The van der Waals surface area contributed by atoms with Crippen LogP contribution in [-0.4, -0.2) is 50.6 Å². The van der Waals surface area contributed by atoms with E-state index in [2.05, 4.69) is 11.4 Å². The maximum Gasteiger partial charge on any atom is 0.265 e. The van der Waals surface area contributed by atoms with Crippen LogP contribution in [0.1, 0.15) is 12.0 Å². The van der Waals surface area contributed by atoms with Gasteiger partial charge in [0.2, 0.25) is 0 Å². The zero-order chi connectivity index (χ0) is 22.2. The number of fused-ring (bicyclic) bond motifs is 1. The summed E-state index contributed by atoms with van der Waals surface area (Å²) in [6.07, 6.45) is 0.373. The lowest BCUT2D eigenvalue weighted by Crippen LogP contribution is -2.46. The fraction of sp³-hybridized carbons (Fsp3) is 0.391. The zero-order valence-corrected chi connectivity index (χ0v) is 18.2. The third-order valence-corrected chi connectivity index (χ3v) is 6.21.